The molecule has 6 atom stereocenters. The summed E-state index contributed by atoms with van der Waals surface area (Å²) in [6.07, 6.45) is 1.96. The number of phenolic OH excluding ortho intramolecular Hbond substituents is 1. The number of alkyl halides is 9. The zero-order valence-corrected chi connectivity index (χ0v) is 29.1. The van der Waals surface area contributed by atoms with E-state index in [-0.39, 0.29) is 22.7 Å². The number of fused-ring (bicyclic) bond motifs is 6. The van der Waals surface area contributed by atoms with E-state index in [1.165, 1.54) is 22.9 Å². The molecule has 0 aromatic heterocycles. The van der Waals surface area contributed by atoms with Crippen LogP contribution in [0.5, 0.6) is 5.75 Å². The van der Waals surface area contributed by atoms with Gasteiger partial charge in [0.25, 0.3) is 0 Å². The van der Waals surface area contributed by atoms with Gasteiger partial charge in [-0.1, -0.05) is 25.8 Å². The molecule has 4 aliphatic rings. The Hall–Kier alpha value is -1.34. The maximum atomic E-state index is 13.7. The molecular formula is C36H50F9NO2S. The van der Waals surface area contributed by atoms with Crippen molar-refractivity contribution in [3.8, 4) is 5.75 Å². The van der Waals surface area contributed by atoms with Gasteiger partial charge in [-0.15, -0.1) is 0 Å². The summed E-state index contributed by atoms with van der Waals surface area (Å²) in [7, 11) is 1.98. The molecule has 1 aromatic carbocycles. The molecule has 3 unspecified atom stereocenters. The zero-order chi connectivity index (χ0) is 36.0. The normalized spacial score (nSPS) is 29.6. The van der Waals surface area contributed by atoms with E-state index in [1.807, 2.05) is 19.2 Å². The molecule has 1 aromatic rings. The molecule has 0 bridgehead atoms. The van der Waals surface area contributed by atoms with Crippen molar-refractivity contribution in [3.05, 3.63) is 29.3 Å². The van der Waals surface area contributed by atoms with Crippen LogP contribution in [-0.2, 0) is 6.42 Å². The maximum absolute atomic E-state index is 13.7. The van der Waals surface area contributed by atoms with E-state index >= 15 is 0 Å². The molecule has 5 rings (SSSR count). The molecule has 3 saturated carbocycles. The summed E-state index contributed by atoms with van der Waals surface area (Å²) in [5, 5.41) is 21.4. The number of benzene rings is 1. The van der Waals surface area contributed by atoms with Crippen LogP contribution < -0.4 is 0 Å². The van der Waals surface area contributed by atoms with Crippen LogP contribution in [0.15, 0.2) is 18.2 Å². The zero-order valence-electron chi connectivity index (χ0n) is 28.3. The number of halogens is 9. The fraction of sp³-hybridized carbons (Fsp3) is 0.833. The van der Waals surface area contributed by atoms with Crippen molar-refractivity contribution in [1.29, 1.82) is 0 Å². The summed E-state index contributed by atoms with van der Waals surface area (Å²) in [6.45, 7) is 4.03. The maximum Gasteiger partial charge on any atom is 0.460 e. The number of phenols is 1. The molecule has 0 amide bonds. The third kappa shape index (κ3) is 7.20. The average molecular weight is 732 g/mol. The van der Waals surface area contributed by atoms with E-state index in [0.717, 1.165) is 77.3 Å². The first-order chi connectivity index (χ1) is 22.8. The lowest BCUT2D eigenvalue weighted by atomic mass is 9.50. The van der Waals surface area contributed by atoms with E-state index < -0.39 is 36.8 Å². The highest BCUT2D eigenvalue weighted by Gasteiger charge is 2.81. The minimum absolute atomic E-state index is 0.0555. The molecule has 3 nitrogen and oxygen atoms in total. The third-order valence-electron chi connectivity index (χ3n) is 12.7. The Labute approximate surface area is 287 Å². The van der Waals surface area contributed by atoms with E-state index in [4.69, 9.17) is 0 Å². The van der Waals surface area contributed by atoms with Crippen molar-refractivity contribution in [2.75, 3.05) is 31.6 Å². The lowest BCUT2D eigenvalue weighted by Gasteiger charge is -2.54. The van der Waals surface area contributed by atoms with Crippen LogP contribution in [0.25, 0.3) is 0 Å². The van der Waals surface area contributed by atoms with Crippen molar-refractivity contribution < 1.29 is 49.7 Å². The Morgan fingerprint density at radius 2 is 1.55 bits per heavy atom. The SMILES string of the molecule is CN(CCCCC[C@@H]1Cc2cc(O)ccc2C2CC[C@@]3(C)C(C[C@@H](O)C34CC4)C21)CCCSCCCC(F)(F)C(F)(F)C(F)(F)C(F)(F)F. The minimum Gasteiger partial charge on any atom is -0.508 e. The van der Waals surface area contributed by atoms with Gasteiger partial charge >= 0.3 is 23.9 Å². The summed E-state index contributed by atoms with van der Waals surface area (Å²) in [5.41, 5.74) is 2.95. The standard InChI is InChI=1S/C36H50F9NO2S/c1-31-13-11-27-26-10-9-25(47)21-24(26)20-23(30(27)28(31)22-29(48)32(31)14-15-32)8-4-3-5-16-46(2)17-7-19-49-18-6-12-33(37,38)34(39,40)35(41,42)36(43,44)45/h9-10,21,23,27-30,47-48H,3-8,11-20,22H2,1-2H3/t23-,27?,28?,29-,30?,31+/m1/s1. The Kier molecular flexibility index (Phi) is 11.3. The molecule has 0 aliphatic heterocycles. The summed E-state index contributed by atoms with van der Waals surface area (Å²) in [6, 6.07) is 5.88. The van der Waals surface area contributed by atoms with E-state index in [9.17, 15) is 49.7 Å². The van der Waals surface area contributed by atoms with Crippen LogP contribution in [0, 0.1) is 28.6 Å². The summed E-state index contributed by atoms with van der Waals surface area (Å²) < 4.78 is 117. The first-order valence-corrected chi connectivity index (χ1v) is 18.9. The predicted molar refractivity (Wildman–Crippen MR) is 173 cm³/mol. The number of thioether (sulfide) groups is 1. The summed E-state index contributed by atoms with van der Waals surface area (Å²) >= 11 is 1.18. The monoisotopic (exact) mass is 731 g/mol. The minimum atomic E-state index is -6.83. The van der Waals surface area contributed by atoms with E-state index in [1.54, 1.807) is 0 Å². The molecule has 0 saturated heterocycles. The smallest absolute Gasteiger partial charge is 0.460 e. The Balaban J connectivity index is 1.01. The van der Waals surface area contributed by atoms with Gasteiger partial charge in [-0.05, 0) is 148 Å². The quantitative estimate of drug-likeness (QED) is 0.131. The van der Waals surface area contributed by atoms with Crippen LogP contribution >= 0.6 is 11.8 Å². The molecule has 2 N–H and O–H groups in total. The van der Waals surface area contributed by atoms with Crippen molar-refractivity contribution in [2.24, 2.45) is 28.6 Å². The second-order valence-corrected chi connectivity index (χ2v) is 16.8. The Morgan fingerprint density at radius 1 is 0.878 bits per heavy atom. The van der Waals surface area contributed by atoms with Gasteiger partial charge in [-0.25, -0.2) is 0 Å². The fourth-order valence-corrected chi connectivity index (χ4v) is 10.8. The summed E-state index contributed by atoms with van der Waals surface area (Å²) in [4.78, 5) is 2.16. The largest absolute Gasteiger partial charge is 0.508 e. The third-order valence-corrected chi connectivity index (χ3v) is 13.9. The van der Waals surface area contributed by atoms with Gasteiger partial charge in [0, 0.05) is 11.8 Å². The molecular weight excluding hydrogens is 681 g/mol. The number of unbranched alkanes of at least 4 members (excludes halogenated alkanes) is 2. The van der Waals surface area contributed by atoms with Gasteiger partial charge in [0.15, 0.2) is 0 Å². The van der Waals surface area contributed by atoms with Gasteiger partial charge in [-0.3, -0.25) is 0 Å². The highest BCUT2D eigenvalue weighted by Crippen LogP contribution is 2.76. The van der Waals surface area contributed by atoms with Crippen molar-refractivity contribution >= 4 is 11.8 Å². The molecule has 280 valence electrons. The number of nitrogens with zero attached hydrogens (tertiary/aromatic N) is 1. The van der Waals surface area contributed by atoms with Gasteiger partial charge < -0.3 is 15.1 Å². The number of hydrogen-bond acceptors (Lipinski definition) is 4. The highest BCUT2D eigenvalue weighted by molar-refractivity contribution is 7.99. The Bertz CT molecular complexity index is 1290. The number of aliphatic hydroxyl groups excluding tert-OH is 1. The van der Waals surface area contributed by atoms with Gasteiger partial charge in [-0.2, -0.15) is 51.3 Å². The van der Waals surface area contributed by atoms with Crippen molar-refractivity contribution in [2.45, 2.75) is 126 Å². The molecule has 3 fully saturated rings. The molecule has 1 spiro atoms. The fourth-order valence-electron chi connectivity index (χ4n) is 9.90. The lowest BCUT2D eigenvalue weighted by molar-refractivity contribution is -0.396. The van der Waals surface area contributed by atoms with Gasteiger partial charge in [0.1, 0.15) is 5.75 Å². The first-order valence-electron chi connectivity index (χ1n) is 17.8. The first kappa shape index (κ1) is 38.9. The number of aliphatic hydroxyl groups is 1. The van der Waals surface area contributed by atoms with E-state index in [2.05, 4.69) is 17.9 Å². The second-order valence-electron chi connectivity index (χ2n) is 15.6. The van der Waals surface area contributed by atoms with Crippen LogP contribution in [0.2, 0.25) is 0 Å². The molecule has 0 heterocycles. The van der Waals surface area contributed by atoms with Gasteiger partial charge in [0.2, 0.25) is 0 Å². The number of rotatable bonds is 16. The van der Waals surface area contributed by atoms with Crippen LogP contribution in [-0.4, -0.2) is 76.8 Å². The van der Waals surface area contributed by atoms with Crippen LogP contribution in [0.1, 0.15) is 101 Å². The van der Waals surface area contributed by atoms with Gasteiger partial charge in [0.05, 0.1) is 6.10 Å². The van der Waals surface area contributed by atoms with Crippen molar-refractivity contribution in [3.63, 3.8) is 0 Å². The summed E-state index contributed by atoms with van der Waals surface area (Å²) in [5.74, 6) is -16.1. The topological polar surface area (TPSA) is 43.7 Å². The second kappa shape index (κ2) is 14.2. The Morgan fingerprint density at radius 3 is 2.22 bits per heavy atom. The molecule has 49 heavy (non-hydrogen) atoms. The number of hydrogen-bond donors (Lipinski definition) is 2. The molecule has 13 heteroatoms. The number of aromatic hydroxyl groups is 1. The molecule has 0 radical (unpaired) electrons. The van der Waals surface area contributed by atoms with Crippen LogP contribution in [0.3, 0.4) is 0 Å². The lowest BCUT2D eigenvalue weighted by Crippen LogP contribution is -2.60. The highest BCUT2D eigenvalue weighted by atomic mass is 32.2. The van der Waals surface area contributed by atoms with E-state index in [0.29, 0.717) is 41.6 Å². The van der Waals surface area contributed by atoms with Crippen molar-refractivity contribution in [1.82, 2.24) is 4.90 Å². The van der Waals surface area contributed by atoms with Crippen LogP contribution in [0.4, 0.5) is 39.5 Å². The molecule has 4 aliphatic carbocycles. The average Bonchev–Trinajstić information content (AvgIpc) is 3.80. The predicted octanol–water partition coefficient (Wildman–Crippen LogP) is 10.1.